The minimum Gasteiger partial charge on any atom is -0.301 e. The number of hydrogen-bond donors (Lipinski definition) is 1. The number of rotatable bonds is 2. The first kappa shape index (κ1) is 14.8. The van der Waals surface area contributed by atoms with Crippen molar-refractivity contribution in [3.05, 3.63) is 30.3 Å². The first-order valence-corrected chi connectivity index (χ1v) is 9.63. The van der Waals surface area contributed by atoms with Crippen molar-refractivity contribution >= 4 is 40.5 Å². The SMILES string of the molecule is BC1CNC2C(C1)C(I)CN2S(=O)(=O)c1ccccc1. The Bertz CT molecular complexity index is 583. The van der Waals surface area contributed by atoms with Gasteiger partial charge in [-0.25, -0.2) is 8.42 Å². The first-order valence-electron chi connectivity index (χ1n) is 6.94. The Labute approximate surface area is 134 Å². The Morgan fingerprint density at radius 3 is 2.70 bits per heavy atom. The summed E-state index contributed by atoms with van der Waals surface area (Å²) in [6, 6.07) is 8.75. The van der Waals surface area contributed by atoms with Gasteiger partial charge in [0.2, 0.25) is 10.0 Å². The third-order valence-electron chi connectivity index (χ3n) is 4.23. The summed E-state index contributed by atoms with van der Waals surface area (Å²) in [6.45, 7) is 1.50. The number of hydrogen-bond acceptors (Lipinski definition) is 3. The topological polar surface area (TPSA) is 49.4 Å². The van der Waals surface area contributed by atoms with E-state index in [-0.39, 0.29) is 6.17 Å². The van der Waals surface area contributed by atoms with Crippen molar-refractivity contribution in [2.24, 2.45) is 5.92 Å². The molecule has 2 heterocycles. The van der Waals surface area contributed by atoms with Crippen LogP contribution in [0.4, 0.5) is 0 Å². The molecule has 2 aliphatic heterocycles. The van der Waals surface area contributed by atoms with Gasteiger partial charge >= 0.3 is 0 Å². The Balaban J connectivity index is 1.91. The normalized spacial score (nSPS) is 34.9. The highest BCUT2D eigenvalue weighted by atomic mass is 127. The Kier molecular flexibility index (Phi) is 4.14. The molecule has 0 amide bonds. The van der Waals surface area contributed by atoms with E-state index in [2.05, 4.69) is 35.8 Å². The standard InChI is InChI=1S/C13H18BIN2O2S/c14-9-6-11-12(15)8-17(13(11)16-7-9)20(18,19)10-4-2-1-3-5-10/h1-5,9,11-13,16H,6-8,14H2. The molecule has 0 radical (unpaired) electrons. The summed E-state index contributed by atoms with van der Waals surface area (Å²) in [6.07, 6.45) is 1.06. The van der Waals surface area contributed by atoms with Crippen molar-refractivity contribution in [2.75, 3.05) is 13.1 Å². The zero-order valence-corrected chi connectivity index (χ0v) is 14.3. The summed E-state index contributed by atoms with van der Waals surface area (Å²) >= 11 is 2.40. The smallest absolute Gasteiger partial charge is 0.244 e. The first-order chi connectivity index (χ1) is 9.50. The van der Waals surface area contributed by atoms with Crippen LogP contribution >= 0.6 is 22.6 Å². The maximum atomic E-state index is 12.8. The van der Waals surface area contributed by atoms with Crippen molar-refractivity contribution in [3.8, 4) is 0 Å². The third kappa shape index (κ3) is 2.53. The Morgan fingerprint density at radius 1 is 1.30 bits per heavy atom. The van der Waals surface area contributed by atoms with E-state index >= 15 is 0 Å². The van der Waals surface area contributed by atoms with E-state index < -0.39 is 10.0 Å². The van der Waals surface area contributed by atoms with E-state index in [1.54, 1.807) is 28.6 Å². The molecule has 3 rings (SSSR count). The predicted molar refractivity (Wildman–Crippen MR) is 90.3 cm³/mol. The van der Waals surface area contributed by atoms with Crippen LogP contribution in [-0.2, 0) is 10.0 Å². The Hall–Kier alpha value is -0.115. The number of alkyl halides is 1. The monoisotopic (exact) mass is 404 g/mol. The van der Waals surface area contributed by atoms with Gasteiger partial charge < -0.3 is 5.32 Å². The van der Waals surface area contributed by atoms with Gasteiger partial charge in [0.25, 0.3) is 0 Å². The van der Waals surface area contributed by atoms with Crippen molar-refractivity contribution in [1.82, 2.24) is 9.62 Å². The summed E-state index contributed by atoms with van der Waals surface area (Å²) in [4.78, 5) is 0.393. The molecule has 1 N–H and O–H groups in total. The van der Waals surface area contributed by atoms with Crippen molar-refractivity contribution < 1.29 is 8.42 Å². The van der Waals surface area contributed by atoms with Gasteiger partial charge in [-0.2, -0.15) is 4.31 Å². The summed E-state index contributed by atoms with van der Waals surface area (Å²) < 4.78 is 27.6. The van der Waals surface area contributed by atoms with Gasteiger partial charge in [0, 0.05) is 16.4 Å². The van der Waals surface area contributed by atoms with Gasteiger partial charge in [-0.05, 0) is 25.1 Å². The fraction of sp³-hybridized carbons (Fsp3) is 0.538. The molecule has 20 heavy (non-hydrogen) atoms. The molecular weight excluding hydrogens is 386 g/mol. The molecule has 0 bridgehead atoms. The van der Waals surface area contributed by atoms with Gasteiger partial charge in [-0.15, -0.1) is 0 Å². The van der Waals surface area contributed by atoms with Crippen molar-refractivity contribution in [1.29, 1.82) is 0 Å². The third-order valence-corrected chi connectivity index (χ3v) is 7.41. The zero-order chi connectivity index (χ0) is 14.3. The number of fused-ring (bicyclic) bond motifs is 1. The van der Waals surface area contributed by atoms with Crippen LogP contribution in [0.15, 0.2) is 35.2 Å². The molecule has 7 heteroatoms. The minimum absolute atomic E-state index is 0.0432. The lowest BCUT2D eigenvalue weighted by atomic mass is 9.76. The average Bonchev–Trinajstić information content (AvgIpc) is 2.77. The summed E-state index contributed by atoms with van der Waals surface area (Å²) in [5, 5.41) is 3.43. The van der Waals surface area contributed by atoms with Crippen LogP contribution in [0.2, 0.25) is 5.82 Å². The highest BCUT2D eigenvalue weighted by Gasteiger charge is 2.48. The van der Waals surface area contributed by atoms with Crippen LogP contribution in [0.1, 0.15) is 6.42 Å². The second kappa shape index (κ2) is 5.59. The Morgan fingerprint density at radius 2 is 2.00 bits per heavy atom. The maximum Gasteiger partial charge on any atom is 0.244 e. The molecule has 0 aromatic heterocycles. The van der Waals surface area contributed by atoms with E-state index in [1.165, 1.54) is 0 Å². The molecule has 108 valence electrons. The van der Waals surface area contributed by atoms with Gasteiger partial charge in [0.05, 0.1) is 11.1 Å². The van der Waals surface area contributed by atoms with Gasteiger partial charge in [-0.3, -0.25) is 0 Å². The van der Waals surface area contributed by atoms with Crippen molar-refractivity contribution in [2.45, 2.75) is 27.2 Å². The number of piperidine rings is 1. The molecule has 0 aliphatic carbocycles. The lowest BCUT2D eigenvalue weighted by Gasteiger charge is -2.35. The van der Waals surface area contributed by atoms with Crippen LogP contribution in [0.5, 0.6) is 0 Å². The highest BCUT2D eigenvalue weighted by molar-refractivity contribution is 14.1. The highest BCUT2D eigenvalue weighted by Crippen LogP contribution is 2.39. The zero-order valence-electron chi connectivity index (χ0n) is 11.4. The average molecular weight is 404 g/mol. The second-order valence-electron chi connectivity index (χ2n) is 5.76. The number of sulfonamides is 1. The lowest BCUT2D eigenvalue weighted by Crippen LogP contribution is -2.51. The second-order valence-corrected chi connectivity index (χ2v) is 9.25. The van der Waals surface area contributed by atoms with E-state index in [0.29, 0.717) is 27.1 Å². The van der Waals surface area contributed by atoms with Gasteiger partial charge in [0.1, 0.15) is 7.85 Å². The van der Waals surface area contributed by atoms with Crippen LogP contribution in [0, 0.1) is 5.92 Å². The van der Waals surface area contributed by atoms with Gasteiger partial charge in [-0.1, -0.05) is 46.6 Å². The van der Waals surface area contributed by atoms with E-state index in [1.807, 2.05) is 6.07 Å². The van der Waals surface area contributed by atoms with Crippen LogP contribution < -0.4 is 5.32 Å². The van der Waals surface area contributed by atoms with E-state index in [0.717, 1.165) is 13.0 Å². The lowest BCUT2D eigenvalue weighted by molar-refractivity contribution is 0.237. The van der Waals surface area contributed by atoms with Crippen LogP contribution in [-0.4, -0.2) is 43.7 Å². The summed E-state index contributed by atoms with van der Waals surface area (Å²) in [5.74, 6) is 1.03. The molecule has 1 aromatic rings. The summed E-state index contributed by atoms with van der Waals surface area (Å²) in [7, 11) is -1.17. The molecule has 2 aliphatic rings. The molecule has 4 nitrogen and oxygen atoms in total. The van der Waals surface area contributed by atoms with Crippen LogP contribution in [0.3, 0.4) is 0 Å². The number of benzene rings is 1. The van der Waals surface area contributed by atoms with E-state index in [9.17, 15) is 8.42 Å². The molecule has 0 saturated carbocycles. The largest absolute Gasteiger partial charge is 0.301 e. The number of halogens is 1. The molecule has 4 unspecified atom stereocenters. The fourth-order valence-electron chi connectivity index (χ4n) is 3.21. The number of nitrogens with zero attached hydrogens (tertiary/aromatic N) is 1. The molecular formula is C13H18BIN2O2S. The molecule has 4 atom stereocenters. The molecule has 0 spiro atoms. The van der Waals surface area contributed by atoms with Crippen LogP contribution in [0.25, 0.3) is 0 Å². The number of nitrogens with one attached hydrogen (secondary N) is 1. The predicted octanol–water partition coefficient (Wildman–Crippen LogP) is 0.852. The maximum absolute atomic E-state index is 12.8. The molecule has 1 aromatic carbocycles. The van der Waals surface area contributed by atoms with Gasteiger partial charge in [0.15, 0.2) is 0 Å². The molecule has 2 fully saturated rings. The minimum atomic E-state index is -3.39. The fourth-order valence-corrected chi connectivity index (χ4v) is 6.24. The quantitative estimate of drug-likeness (QED) is 0.452. The van der Waals surface area contributed by atoms with E-state index in [4.69, 9.17) is 0 Å². The summed E-state index contributed by atoms with van der Waals surface area (Å²) in [5.41, 5.74) is 0. The van der Waals surface area contributed by atoms with Crippen molar-refractivity contribution in [3.63, 3.8) is 0 Å². The molecule has 2 saturated heterocycles.